The highest BCUT2D eigenvalue weighted by Gasteiger charge is 2.16. The van der Waals surface area contributed by atoms with Gasteiger partial charge in [0.25, 0.3) is 0 Å². The van der Waals surface area contributed by atoms with Gasteiger partial charge >= 0.3 is 0 Å². The smallest absolute Gasteiger partial charge is 0.231 e. The fraction of sp³-hybridized carbons (Fsp3) is 0.0870. The molecule has 1 aliphatic heterocycles. The Hall–Kier alpha value is -4.53. The summed E-state index contributed by atoms with van der Waals surface area (Å²) < 4.78 is 24.4. The lowest BCUT2D eigenvalue weighted by Crippen LogP contribution is -2.14. The molecule has 0 atom stereocenters. The van der Waals surface area contributed by atoms with Gasteiger partial charge in [-0.1, -0.05) is 0 Å². The third-order valence-electron chi connectivity index (χ3n) is 4.70. The topological polar surface area (TPSA) is 111 Å². The summed E-state index contributed by atoms with van der Waals surface area (Å²) in [5.74, 6) is 2.37. The molecule has 1 amide bonds. The Labute approximate surface area is 183 Å². The van der Waals surface area contributed by atoms with Crippen molar-refractivity contribution in [2.75, 3.05) is 6.79 Å². The van der Waals surface area contributed by atoms with Crippen molar-refractivity contribution in [1.82, 2.24) is 14.5 Å². The molecule has 9 nitrogen and oxygen atoms in total. The number of nitrogens with two attached hydrogens (primary N) is 1. The third-order valence-corrected chi connectivity index (χ3v) is 4.70. The van der Waals surface area contributed by atoms with Crippen LogP contribution in [0.15, 0.2) is 73.3 Å². The summed E-state index contributed by atoms with van der Waals surface area (Å²) in [6, 6.07) is 16.0. The lowest BCUT2D eigenvalue weighted by molar-refractivity contribution is -0.117. The summed E-state index contributed by atoms with van der Waals surface area (Å²) in [5.41, 5.74) is 6.87. The van der Waals surface area contributed by atoms with Gasteiger partial charge < -0.3 is 29.2 Å². The molecule has 0 saturated carbocycles. The van der Waals surface area contributed by atoms with Gasteiger partial charge in [-0.2, -0.15) is 4.98 Å². The summed E-state index contributed by atoms with van der Waals surface area (Å²) in [7, 11) is 0. The molecule has 0 bridgehead atoms. The fourth-order valence-corrected chi connectivity index (χ4v) is 3.19. The van der Waals surface area contributed by atoms with Crippen molar-refractivity contribution in [3.63, 3.8) is 0 Å². The molecular formula is C23H18N4O5. The number of pyridine rings is 1. The molecule has 4 aromatic rings. The molecule has 1 aliphatic rings. The number of rotatable bonds is 7. The van der Waals surface area contributed by atoms with E-state index in [1.54, 1.807) is 55.0 Å². The zero-order valence-corrected chi connectivity index (χ0v) is 16.8. The first-order chi connectivity index (χ1) is 15.6. The van der Waals surface area contributed by atoms with E-state index in [2.05, 4.69) is 9.97 Å². The first-order valence-electron chi connectivity index (χ1n) is 9.76. The van der Waals surface area contributed by atoms with Gasteiger partial charge in [0.05, 0.1) is 12.7 Å². The minimum Gasteiger partial charge on any atom is -0.454 e. The van der Waals surface area contributed by atoms with Gasteiger partial charge in [-0.25, -0.2) is 4.98 Å². The van der Waals surface area contributed by atoms with Crippen LogP contribution in [-0.2, 0) is 11.2 Å². The lowest BCUT2D eigenvalue weighted by atomic mass is 10.2. The molecule has 2 aromatic heterocycles. The van der Waals surface area contributed by atoms with Crippen molar-refractivity contribution >= 4 is 5.91 Å². The summed E-state index contributed by atoms with van der Waals surface area (Å²) in [6.07, 6.45) is 5.24. The molecule has 5 rings (SSSR count). The first-order valence-corrected chi connectivity index (χ1v) is 9.76. The summed E-state index contributed by atoms with van der Waals surface area (Å²) in [5, 5.41) is 0. The van der Waals surface area contributed by atoms with Crippen LogP contribution in [0.2, 0.25) is 0 Å². The van der Waals surface area contributed by atoms with Crippen molar-refractivity contribution in [3.8, 4) is 40.4 Å². The zero-order chi connectivity index (χ0) is 21.9. The van der Waals surface area contributed by atoms with E-state index < -0.39 is 5.91 Å². The number of aromatic nitrogens is 3. The van der Waals surface area contributed by atoms with E-state index in [0.717, 1.165) is 5.69 Å². The Bertz CT molecular complexity index is 1260. The maximum absolute atomic E-state index is 11.5. The molecule has 2 aromatic carbocycles. The number of hydrogen-bond donors (Lipinski definition) is 1. The largest absolute Gasteiger partial charge is 0.454 e. The van der Waals surface area contributed by atoms with Crippen LogP contribution >= 0.6 is 0 Å². The number of carbonyl (C=O) groups is 1. The van der Waals surface area contributed by atoms with Crippen molar-refractivity contribution in [2.45, 2.75) is 6.42 Å². The number of imidazole rings is 1. The van der Waals surface area contributed by atoms with E-state index in [9.17, 15) is 4.79 Å². The summed E-state index contributed by atoms with van der Waals surface area (Å²) in [6.45, 7) is 0.177. The van der Waals surface area contributed by atoms with E-state index in [-0.39, 0.29) is 19.1 Å². The molecule has 0 saturated heterocycles. The van der Waals surface area contributed by atoms with E-state index in [1.807, 2.05) is 22.9 Å². The SMILES string of the molecule is NC(=O)Cc1ccc(Oc2ccc3c(c2)OCO3)nc1Oc1ccc(-n2ccnc2)cc1. The maximum atomic E-state index is 11.5. The summed E-state index contributed by atoms with van der Waals surface area (Å²) in [4.78, 5) is 20.0. The quantitative estimate of drug-likeness (QED) is 0.477. The molecule has 0 radical (unpaired) electrons. The van der Waals surface area contributed by atoms with Gasteiger partial charge in [0, 0.05) is 35.8 Å². The minimum absolute atomic E-state index is 0.0141. The highest BCUT2D eigenvalue weighted by molar-refractivity contribution is 5.77. The molecule has 3 heterocycles. The normalized spacial score (nSPS) is 11.9. The number of benzene rings is 2. The molecule has 32 heavy (non-hydrogen) atoms. The van der Waals surface area contributed by atoms with Gasteiger partial charge in [-0.3, -0.25) is 4.79 Å². The van der Waals surface area contributed by atoms with Crippen LogP contribution in [-0.4, -0.2) is 27.2 Å². The Morgan fingerprint density at radius 1 is 1.00 bits per heavy atom. The van der Waals surface area contributed by atoms with Gasteiger partial charge in [0.15, 0.2) is 11.5 Å². The molecular weight excluding hydrogens is 412 g/mol. The second-order valence-corrected chi connectivity index (χ2v) is 6.94. The number of carbonyl (C=O) groups excluding carboxylic acids is 1. The Morgan fingerprint density at radius 2 is 1.81 bits per heavy atom. The average Bonchev–Trinajstić information content (AvgIpc) is 3.48. The van der Waals surface area contributed by atoms with Crippen LogP contribution in [0, 0.1) is 0 Å². The van der Waals surface area contributed by atoms with Gasteiger partial charge in [0.2, 0.25) is 24.5 Å². The number of primary amides is 1. The monoisotopic (exact) mass is 430 g/mol. The molecule has 2 N–H and O–H groups in total. The first kappa shape index (κ1) is 19.4. The molecule has 0 fully saturated rings. The molecule has 0 unspecified atom stereocenters. The standard InChI is InChI=1S/C23H18N4O5/c24-21(28)11-15-1-8-22(31-18-6-7-19-20(12-18)30-14-29-19)26-23(15)32-17-4-2-16(3-5-17)27-10-9-25-13-27/h1-10,12-13H,11,14H2,(H2,24,28). The van der Waals surface area contributed by atoms with Crippen LogP contribution in [0.5, 0.6) is 34.8 Å². The minimum atomic E-state index is -0.489. The van der Waals surface area contributed by atoms with E-state index >= 15 is 0 Å². The lowest BCUT2D eigenvalue weighted by Gasteiger charge is -2.12. The van der Waals surface area contributed by atoms with E-state index in [1.165, 1.54) is 0 Å². The van der Waals surface area contributed by atoms with Crippen LogP contribution in [0.25, 0.3) is 5.69 Å². The fourth-order valence-electron chi connectivity index (χ4n) is 3.19. The van der Waals surface area contributed by atoms with Crippen molar-refractivity contribution < 1.29 is 23.7 Å². The predicted octanol–water partition coefficient (Wildman–Crippen LogP) is 3.61. The highest BCUT2D eigenvalue weighted by atomic mass is 16.7. The third kappa shape index (κ3) is 4.17. The van der Waals surface area contributed by atoms with E-state index in [0.29, 0.717) is 34.4 Å². The number of nitrogens with zero attached hydrogens (tertiary/aromatic N) is 3. The van der Waals surface area contributed by atoms with Gasteiger partial charge in [-0.15, -0.1) is 0 Å². The number of fused-ring (bicyclic) bond motifs is 1. The number of ether oxygens (including phenoxy) is 4. The van der Waals surface area contributed by atoms with Crippen LogP contribution in [0.3, 0.4) is 0 Å². The van der Waals surface area contributed by atoms with Crippen molar-refractivity contribution in [3.05, 3.63) is 78.9 Å². The van der Waals surface area contributed by atoms with Gasteiger partial charge in [0.1, 0.15) is 11.5 Å². The van der Waals surface area contributed by atoms with E-state index in [4.69, 9.17) is 24.7 Å². The molecule has 9 heteroatoms. The maximum Gasteiger partial charge on any atom is 0.231 e. The van der Waals surface area contributed by atoms with Crippen molar-refractivity contribution in [2.24, 2.45) is 5.73 Å². The number of amides is 1. The number of hydrogen-bond acceptors (Lipinski definition) is 7. The Kier molecular flexibility index (Phi) is 5.04. The predicted molar refractivity (Wildman–Crippen MR) is 113 cm³/mol. The Morgan fingerprint density at radius 3 is 2.59 bits per heavy atom. The molecule has 0 aliphatic carbocycles. The second-order valence-electron chi connectivity index (χ2n) is 6.94. The second kappa shape index (κ2) is 8.31. The van der Waals surface area contributed by atoms with Crippen LogP contribution in [0.1, 0.15) is 5.56 Å². The van der Waals surface area contributed by atoms with Gasteiger partial charge in [-0.05, 0) is 42.5 Å². The molecule has 160 valence electrons. The molecule has 0 spiro atoms. The Balaban J connectivity index is 1.39. The van der Waals surface area contributed by atoms with Crippen LogP contribution in [0.4, 0.5) is 0 Å². The zero-order valence-electron chi connectivity index (χ0n) is 16.8. The average molecular weight is 430 g/mol. The summed E-state index contributed by atoms with van der Waals surface area (Å²) >= 11 is 0. The van der Waals surface area contributed by atoms with Crippen LogP contribution < -0.4 is 24.7 Å². The highest BCUT2D eigenvalue weighted by Crippen LogP contribution is 2.37. The van der Waals surface area contributed by atoms with Crippen molar-refractivity contribution in [1.29, 1.82) is 0 Å².